The van der Waals surface area contributed by atoms with Crippen LogP contribution >= 0.6 is 11.3 Å². The molecule has 0 bridgehead atoms. The van der Waals surface area contributed by atoms with Gasteiger partial charge >= 0.3 is 0 Å². The molecule has 106 valence electrons. The molecule has 0 spiro atoms. The molecule has 1 atom stereocenters. The lowest BCUT2D eigenvalue weighted by molar-refractivity contribution is 0.498. The van der Waals surface area contributed by atoms with E-state index >= 15 is 0 Å². The van der Waals surface area contributed by atoms with Crippen LogP contribution in [0.15, 0.2) is 11.1 Å². The number of aromatic nitrogens is 2. The van der Waals surface area contributed by atoms with Crippen molar-refractivity contribution in [2.45, 2.75) is 38.6 Å². The maximum absolute atomic E-state index is 12.6. The topological polar surface area (TPSA) is 82.5 Å². The molecule has 0 saturated heterocycles. The summed E-state index contributed by atoms with van der Waals surface area (Å²) in [7, 11) is 0. The fourth-order valence-corrected chi connectivity index (χ4v) is 4.04. The molecule has 0 N–H and O–H groups in total. The molecule has 6 heteroatoms. The quantitative estimate of drug-likeness (QED) is 0.867. The zero-order chi connectivity index (χ0) is 14.8. The fourth-order valence-electron chi connectivity index (χ4n) is 2.82. The molecule has 2 heterocycles. The van der Waals surface area contributed by atoms with Crippen LogP contribution in [0.3, 0.4) is 0 Å². The molecule has 1 aliphatic carbocycles. The summed E-state index contributed by atoms with van der Waals surface area (Å²) < 4.78 is 1.53. The Kier molecular flexibility index (Phi) is 3.72. The molecule has 0 aliphatic heterocycles. The van der Waals surface area contributed by atoms with Gasteiger partial charge in [0.2, 0.25) is 0 Å². The lowest BCUT2D eigenvalue weighted by atomic mass is 10.1. The van der Waals surface area contributed by atoms with Crippen LogP contribution in [0.1, 0.15) is 29.7 Å². The van der Waals surface area contributed by atoms with Gasteiger partial charge in [0, 0.05) is 17.8 Å². The summed E-state index contributed by atoms with van der Waals surface area (Å²) in [5.41, 5.74) is 1.11. The average Bonchev–Trinajstić information content (AvgIpc) is 3.06. The van der Waals surface area contributed by atoms with E-state index in [-0.39, 0.29) is 11.5 Å². The standard InChI is InChI=1S/C15H14N4OS/c16-6-2-3-10(7-17)8-19-9-18-14-13(15(19)20)11-4-1-5-12(11)21-14/h9-10H,1-5,8H2/t10-/m1/s1. The van der Waals surface area contributed by atoms with E-state index in [4.69, 9.17) is 10.5 Å². The van der Waals surface area contributed by atoms with E-state index in [0.29, 0.717) is 19.4 Å². The normalized spacial score (nSPS) is 14.6. The van der Waals surface area contributed by atoms with Gasteiger partial charge in [0.25, 0.3) is 5.56 Å². The molecule has 2 aromatic heterocycles. The second kappa shape index (κ2) is 5.67. The first-order valence-corrected chi connectivity index (χ1v) is 7.82. The molecule has 21 heavy (non-hydrogen) atoms. The summed E-state index contributed by atoms with van der Waals surface area (Å²) in [5.74, 6) is -0.326. The first-order valence-electron chi connectivity index (χ1n) is 7.01. The summed E-state index contributed by atoms with van der Waals surface area (Å²) >= 11 is 1.62. The van der Waals surface area contributed by atoms with Gasteiger partial charge < -0.3 is 0 Å². The number of hydrogen-bond acceptors (Lipinski definition) is 5. The van der Waals surface area contributed by atoms with Crippen LogP contribution in [0.4, 0.5) is 0 Å². The first kappa shape index (κ1) is 13.8. The van der Waals surface area contributed by atoms with Crippen molar-refractivity contribution < 1.29 is 0 Å². The van der Waals surface area contributed by atoms with E-state index in [2.05, 4.69) is 11.1 Å². The predicted octanol–water partition coefficient (Wildman–Crippen LogP) is 2.39. The maximum Gasteiger partial charge on any atom is 0.262 e. The van der Waals surface area contributed by atoms with Gasteiger partial charge in [0.15, 0.2) is 0 Å². The molecular weight excluding hydrogens is 284 g/mol. The van der Waals surface area contributed by atoms with E-state index in [1.807, 2.05) is 6.07 Å². The van der Waals surface area contributed by atoms with Crippen molar-refractivity contribution in [1.82, 2.24) is 9.55 Å². The van der Waals surface area contributed by atoms with Crippen molar-refractivity contribution in [1.29, 1.82) is 10.5 Å². The minimum Gasteiger partial charge on any atom is -0.297 e. The molecule has 0 amide bonds. The third-order valence-electron chi connectivity index (χ3n) is 3.90. The molecule has 3 rings (SSSR count). The lowest BCUT2D eigenvalue weighted by Crippen LogP contribution is -2.24. The minimum absolute atomic E-state index is 0.0448. The van der Waals surface area contributed by atoms with E-state index < -0.39 is 0 Å². The Morgan fingerprint density at radius 3 is 3.05 bits per heavy atom. The van der Waals surface area contributed by atoms with Crippen LogP contribution in [0.2, 0.25) is 0 Å². The van der Waals surface area contributed by atoms with Crippen LogP contribution in [-0.4, -0.2) is 9.55 Å². The third kappa shape index (κ3) is 2.43. The highest BCUT2D eigenvalue weighted by atomic mass is 32.1. The molecule has 0 aromatic carbocycles. The summed E-state index contributed by atoms with van der Waals surface area (Å²) in [6.45, 7) is 0.310. The third-order valence-corrected chi connectivity index (χ3v) is 5.10. The van der Waals surface area contributed by atoms with Gasteiger partial charge in [-0.05, 0) is 31.2 Å². The number of nitrogens with zero attached hydrogens (tertiary/aromatic N) is 4. The van der Waals surface area contributed by atoms with Crippen molar-refractivity contribution >= 4 is 21.6 Å². The lowest BCUT2D eigenvalue weighted by Gasteiger charge is -2.09. The minimum atomic E-state index is -0.326. The number of rotatable bonds is 4. The van der Waals surface area contributed by atoms with E-state index in [1.54, 1.807) is 11.3 Å². The van der Waals surface area contributed by atoms with Gasteiger partial charge in [-0.15, -0.1) is 11.3 Å². The average molecular weight is 298 g/mol. The molecule has 5 nitrogen and oxygen atoms in total. The number of hydrogen-bond donors (Lipinski definition) is 0. The smallest absolute Gasteiger partial charge is 0.262 e. The molecule has 0 unspecified atom stereocenters. The van der Waals surface area contributed by atoms with Crippen molar-refractivity contribution in [3.05, 3.63) is 27.1 Å². The number of nitriles is 2. The van der Waals surface area contributed by atoms with Crippen molar-refractivity contribution in [3.8, 4) is 12.1 Å². The van der Waals surface area contributed by atoms with E-state index in [0.717, 1.165) is 35.0 Å². The Balaban J connectivity index is 1.97. The number of thiophene rings is 1. The van der Waals surface area contributed by atoms with Gasteiger partial charge in [0.1, 0.15) is 4.83 Å². The van der Waals surface area contributed by atoms with Crippen molar-refractivity contribution in [3.63, 3.8) is 0 Å². The highest BCUT2D eigenvalue weighted by Crippen LogP contribution is 2.34. The van der Waals surface area contributed by atoms with Gasteiger partial charge in [-0.3, -0.25) is 9.36 Å². The summed E-state index contributed by atoms with van der Waals surface area (Å²) in [4.78, 5) is 19.1. The van der Waals surface area contributed by atoms with Gasteiger partial charge in [-0.2, -0.15) is 10.5 Å². The van der Waals surface area contributed by atoms with E-state index in [9.17, 15) is 4.79 Å². The number of aryl methyl sites for hydroxylation is 2. The van der Waals surface area contributed by atoms with Crippen LogP contribution in [0, 0.1) is 28.6 Å². The zero-order valence-electron chi connectivity index (χ0n) is 11.5. The van der Waals surface area contributed by atoms with Gasteiger partial charge in [-0.25, -0.2) is 4.98 Å². The molecule has 0 saturated carbocycles. The number of fused-ring (bicyclic) bond motifs is 3. The molecule has 2 aromatic rings. The SMILES string of the molecule is N#CCC[C@H](C#N)Cn1cnc2sc3c(c2c1=O)CCC3. The monoisotopic (exact) mass is 298 g/mol. The molecule has 1 aliphatic rings. The van der Waals surface area contributed by atoms with Crippen LogP contribution < -0.4 is 5.56 Å². The summed E-state index contributed by atoms with van der Waals surface area (Å²) in [6.07, 6.45) is 5.45. The van der Waals surface area contributed by atoms with Crippen molar-refractivity contribution in [2.24, 2.45) is 5.92 Å². The highest BCUT2D eigenvalue weighted by Gasteiger charge is 2.21. The molecular formula is C15H14N4OS. The highest BCUT2D eigenvalue weighted by molar-refractivity contribution is 7.18. The first-order chi connectivity index (χ1) is 10.2. The second-order valence-corrected chi connectivity index (χ2v) is 6.35. The largest absolute Gasteiger partial charge is 0.297 e. The fraction of sp³-hybridized carbons (Fsp3) is 0.467. The van der Waals surface area contributed by atoms with Crippen molar-refractivity contribution in [2.75, 3.05) is 0 Å². The Hall–Kier alpha value is -2.18. The summed E-state index contributed by atoms with van der Waals surface area (Å²) in [5, 5.41) is 18.5. The van der Waals surface area contributed by atoms with E-state index in [1.165, 1.54) is 15.8 Å². The molecule has 0 radical (unpaired) electrons. The zero-order valence-corrected chi connectivity index (χ0v) is 12.3. The Bertz CT molecular complexity index is 821. The van der Waals surface area contributed by atoms with Gasteiger partial charge in [0.05, 0.1) is 29.8 Å². The maximum atomic E-state index is 12.6. The van der Waals surface area contributed by atoms with Gasteiger partial charge in [-0.1, -0.05) is 0 Å². The van der Waals surface area contributed by atoms with Crippen LogP contribution in [-0.2, 0) is 19.4 Å². The Labute approximate surface area is 126 Å². The predicted molar refractivity (Wildman–Crippen MR) is 79.9 cm³/mol. The Morgan fingerprint density at radius 1 is 1.43 bits per heavy atom. The molecule has 0 fully saturated rings. The second-order valence-electron chi connectivity index (χ2n) is 5.26. The Morgan fingerprint density at radius 2 is 2.29 bits per heavy atom. The van der Waals surface area contributed by atoms with Crippen LogP contribution in [0.25, 0.3) is 10.2 Å². The summed E-state index contributed by atoms with van der Waals surface area (Å²) in [6, 6.07) is 4.21. The van der Waals surface area contributed by atoms with Crippen LogP contribution in [0.5, 0.6) is 0 Å².